The Kier molecular flexibility index (Phi) is 3.61. The summed E-state index contributed by atoms with van der Waals surface area (Å²) < 4.78 is 17.6. The first-order chi connectivity index (χ1) is 9.58. The molecule has 4 heteroatoms. The van der Waals surface area contributed by atoms with Gasteiger partial charge in [-0.1, -0.05) is 6.07 Å². The fraction of sp³-hybridized carbons (Fsp3) is 0.625. The number of hydrogen-bond acceptors (Lipinski definition) is 4. The molecule has 2 N–H and O–H groups in total. The van der Waals surface area contributed by atoms with Gasteiger partial charge in [0.15, 0.2) is 0 Å². The van der Waals surface area contributed by atoms with Crippen molar-refractivity contribution in [3.05, 3.63) is 23.3 Å². The van der Waals surface area contributed by atoms with Crippen LogP contribution in [0.15, 0.2) is 12.1 Å². The Morgan fingerprint density at radius 1 is 1.25 bits per heavy atom. The fourth-order valence-electron chi connectivity index (χ4n) is 3.10. The molecule has 0 amide bonds. The molecule has 2 aliphatic heterocycles. The van der Waals surface area contributed by atoms with Crippen molar-refractivity contribution in [2.75, 3.05) is 25.6 Å². The molecule has 1 aromatic carbocycles. The second-order valence-corrected chi connectivity index (χ2v) is 6.04. The minimum atomic E-state index is -0.118. The molecule has 4 nitrogen and oxygen atoms in total. The molecule has 0 aliphatic carbocycles. The predicted molar refractivity (Wildman–Crippen MR) is 78.1 cm³/mol. The van der Waals surface area contributed by atoms with E-state index in [9.17, 15) is 0 Å². The summed E-state index contributed by atoms with van der Waals surface area (Å²) in [5.41, 5.74) is 8.89. The van der Waals surface area contributed by atoms with Crippen molar-refractivity contribution in [2.24, 2.45) is 0 Å². The number of rotatable bonds is 2. The Labute approximate surface area is 120 Å². The van der Waals surface area contributed by atoms with Gasteiger partial charge in [0.05, 0.1) is 18.8 Å². The molecule has 1 aromatic rings. The van der Waals surface area contributed by atoms with E-state index in [1.807, 2.05) is 13.0 Å². The first kappa shape index (κ1) is 13.7. The van der Waals surface area contributed by atoms with E-state index in [2.05, 4.69) is 13.0 Å². The summed E-state index contributed by atoms with van der Waals surface area (Å²) in [6.45, 7) is 6.32. The van der Waals surface area contributed by atoms with E-state index in [-0.39, 0.29) is 11.7 Å². The molecule has 2 atom stereocenters. The normalized spacial score (nSPS) is 29.8. The van der Waals surface area contributed by atoms with Crippen molar-refractivity contribution in [1.82, 2.24) is 0 Å². The van der Waals surface area contributed by atoms with Crippen molar-refractivity contribution >= 4 is 5.69 Å². The first-order valence-electron chi connectivity index (χ1n) is 7.33. The molecular weight excluding hydrogens is 254 g/mol. The van der Waals surface area contributed by atoms with Gasteiger partial charge in [-0.05, 0) is 25.0 Å². The summed E-state index contributed by atoms with van der Waals surface area (Å²) in [7, 11) is 0. The molecule has 2 saturated heterocycles. The summed E-state index contributed by atoms with van der Waals surface area (Å²) in [4.78, 5) is 0. The summed E-state index contributed by atoms with van der Waals surface area (Å²) in [6.07, 6.45) is 2.99. The van der Waals surface area contributed by atoms with Gasteiger partial charge >= 0.3 is 0 Å². The Hall–Kier alpha value is -1.26. The highest BCUT2D eigenvalue weighted by molar-refractivity contribution is 5.54. The standard InChI is InChI=1S/C16H23NO3/c1-11-7-12(2)15(8-14(11)17)20-13-3-5-19-16(9-13)4-6-18-10-16/h7-8,13H,3-6,9-10,17H2,1-2H3. The zero-order chi connectivity index (χ0) is 14.2. The van der Waals surface area contributed by atoms with Crippen LogP contribution in [-0.2, 0) is 9.47 Å². The molecule has 0 radical (unpaired) electrons. The molecule has 2 aliphatic rings. The maximum Gasteiger partial charge on any atom is 0.124 e. The number of hydrogen-bond donors (Lipinski definition) is 1. The lowest BCUT2D eigenvalue weighted by atomic mass is 9.91. The third-order valence-electron chi connectivity index (χ3n) is 4.37. The summed E-state index contributed by atoms with van der Waals surface area (Å²) in [5, 5.41) is 0. The van der Waals surface area contributed by atoms with Crippen LogP contribution in [0.1, 0.15) is 30.4 Å². The minimum absolute atomic E-state index is 0.118. The molecule has 0 bridgehead atoms. The van der Waals surface area contributed by atoms with Crippen LogP contribution in [0, 0.1) is 13.8 Å². The number of benzene rings is 1. The zero-order valence-corrected chi connectivity index (χ0v) is 12.3. The summed E-state index contributed by atoms with van der Waals surface area (Å²) in [5.74, 6) is 0.897. The van der Waals surface area contributed by atoms with Gasteiger partial charge in [-0.2, -0.15) is 0 Å². The van der Waals surface area contributed by atoms with E-state index in [1.54, 1.807) is 0 Å². The van der Waals surface area contributed by atoms with Crippen LogP contribution in [0.2, 0.25) is 0 Å². The molecule has 2 heterocycles. The Balaban J connectivity index is 1.73. The number of ether oxygens (including phenoxy) is 3. The quantitative estimate of drug-likeness (QED) is 0.844. The van der Waals surface area contributed by atoms with Crippen LogP contribution in [0.4, 0.5) is 5.69 Å². The van der Waals surface area contributed by atoms with Crippen LogP contribution in [0.5, 0.6) is 5.75 Å². The lowest BCUT2D eigenvalue weighted by Crippen LogP contribution is -2.44. The number of nitrogen functional groups attached to an aromatic ring is 1. The third-order valence-corrected chi connectivity index (χ3v) is 4.37. The Morgan fingerprint density at radius 3 is 2.85 bits per heavy atom. The molecule has 0 aromatic heterocycles. The molecule has 2 fully saturated rings. The smallest absolute Gasteiger partial charge is 0.124 e. The Bertz CT molecular complexity index is 495. The first-order valence-corrected chi connectivity index (χ1v) is 7.33. The van der Waals surface area contributed by atoms with E-state index in [0.717, 1.165) is 55.0 Å². The molecule has 20 heavy (non-hydrogen) atoms. The molecule has 2 unspecified atom stereocenters. The highest BCUT2D eigenvalue weighted by Crippen LogP contribution is 2.35. The van der Waals surface area contributed by atoms with E-state index in [4.69, 9.17) is 19.9 Å². The number of nitrogens with two attached hydrogens (primary N) is 1. The van der Waals surface area contributed by atoms with Gasteiger partial charge in [0.2, 0.25) is 0 Å². The van der Waals surface area contributed by atoms with Crippen LogP contribution in [0.3, 0.4) is 0 Å². The molecular formula is C16H23NO3. The second-order valence-electron chi connectivity index (χ2n) is 6.04. The summed E-state index contributed by atoms with van der Waals surface area (Å²) >= 11 is 0. The van der Waals surface area contributed by atoms with E-state index in [1.165, 1.54) is 0 Å². The van der Waals surface area contributed by atoms with Gasteiger partial charge in [0.1, 0.15) is 11.9 Å². The van der Waals surface area contributed by atoms with Crippen LogP contribution in [0.25, 0.3) is 0 Å². The number of aryl methyl sites for hydroxylation is 2. The van der Waals surface area contributed by atoms with Crippen molar-refractivity contribution in [3.63, 3.8) is 0 Å². The average Bonchev–Trinajstić information content (AvgIpc) is 2.84. The van der Waals surface area contributed by atoms with Crippen molar-refractivity contribution in [2.45, 2.75) is 44.8 Å². The molecule has 110 valence electrons. The fourth-order valence-corrected chi connectivity index (χ4v) is 3.10. The SMILES string of the molecule is Cc1cc(C)c(OC2CCOC3(CCOC3)C2)cc1N. The molecule has 3 rings (SSSR count). The maximum absolute atomic E-state index is 6.19. The zero-order valence-electron chi connectivity index (χ0n) is 12.3. The van der Waals surface area contributed by atoms with Crippen molar-refractivity contribution in [3.8, 4) is 5.75 Å². The predicted octanol–water partition coefficient (Wildman–Crippen LogP) is 2.60. The van der Waals surface area contributed by atoms with Gasteiger partial charge in [0.25, 0.3) is 0 Å². The molecule has 0 saturated carbocycles. The largest absolute Gasteiger partial charge is 0.490 e. The third kappa shape index (κ3) is 2.63. The average molecular weight is 277 g/mol. The maximum atomic E-state index is 6.19. The van der Waals surface area contributed by atoms with E-state index < -0.39 is 0 Å². The van der Waals surface area contributed by atoms with Gasteiger partial charge in [0, 0.05) is 37.6 Å². The topological polar surface area (TPSA) is 53.7 Å². The molecule has 1 spiro atoms. The van der Waals surface area contributed by atoms with Gasteiger partial charge < -0.3 is 19.9 Å². The number of anilines is 1. The van der Waals surface area contributed by atoms with E-state index in [0.29, 0.717) is 6.61 Å². The lowest BCUT2D eigenvalue weighted by Gasteiger charge is -2.37. The Morgan fingerprint density at radius 2 is 2.10 bits per heavy atom. The van der Waals surface area contributed by atoms with E-state index >= 15 is 0 Å². The minimum Gasteiger partial charge on any atom is -0.490 e. The van der Waals surface area contributed by atoms with Gasteiger partial charge in [-0.3, -0.25) is 0 Å². The van der Waals surface area contributed by atoms with Crippen molar-refractivity contribution in [1.29, 1.82) is 0 Å². The van der Waals surface area contributed by atoms with Gasteiger partial charge in [-0.25, -0.2) is 0 Å². The highest BCUT2D eigenvalue weighted by atomic mass is 16.6. The lowest BCUT2D eigenvalue weighted by molar-refractivity contribution is -0.112. The summed E-state index contributed by atoms with van der Waals surface area (Å²) in [6, 6.07) is 4.02. The van der Waals surface area contributed by atoms with Crippen LogP contribution < -0.4 is 10.5 Å². The highest BCUT2D eigenvalue weighted by Gasteiger charge is 2.41. The monoisotopic (exact) mass is 277 g/mol. The van der Waals surface area contributed by atoms with Crippen molar-refractivity contribution < 1.29 is 14.2 Å². The second kappa shape index (κ2) is 5.26. The van der Waals surface area contributed by atoms with Crippen LogP contribution >= 0.6 is 0 Å². The van der Waals surface area contributed by atoms with Gasteiger partial charge in [-0.15, -0.1) is 0 Å². The van der Waals surface area contributed by atoms with Crippen LogP contribution in [-0.4, -0.2) is 31.5 Å².